The Morgan fingerprint density at radius 1 is 1.25 bits per heavy atom. The lowest BCUT2D eigenvalue weighted by molar-refractivity contribution is -0.116. The second-order valence-corrected chi connectivity index (χ2v) is 6.89. The monoisotopic (exact) mass is 342 g/mol. The van der Waals surface area contributed by atoms with Crippen LogP contribution in [0.15, 0.2) is 23.0 Å². The average Bonchev–Trinajstić information content (AvgIpc) is 2.80. The lowest BCUT2D eigenvalue weighted by Crippen LogP contribution is -2.16. The van der Waals surface area contributed by atoms with Gasteiger partial charge in [-0.25, -0.2) is 9.97 Å². The molecule has 0 atom stereocenters. The third kappa shape index (κ3) is 3.35. The topological polar surface area (TPSA) is 87.7 Å². The molecule has 3 rings (SSSR count). The Kier molecular flexibility index (Phi) is 4.44. The Morgan fingerprint density at radius 2 is 2.04 bits per heavy atom. The van der Waals surface area contributed by atoms with Crippen LogP contribution in [0.1, 0.15) is 28.4 Å². The van der Waals surface area contributed by atoms with Crippen molar-refractivity contribution in [2.45, 2.75) is 33.6 Å². The first-order valence-electron chi connectivity index (χ1n) is 7.66. The van der Waals surface area contributed by atoms with Crippen molar-refractivity contribution in [2.24, 2.45) is 0 Å². The van der Waals surface area contributed by atoms with Crippen LogP contribution >= 0.6 is 11.3 Å². The Labute approximate surface area is 143 Å². The van der Waals surface area contributed by atoms with Gasteiger partial charge < -0.3 is 10.3 Å². The van der Waals surface area contributed by atoms with Gasteiger partial charge in [0.1, 0.15) is 16.5 Å². The fourth-order valence-corrected chi connectivity index (χ4v) is 3.52. The number of rotatable bonds is 4. The number of H-pyrrole nitrogens is 1. The van der Waals surface area contributed by atoms with E-state index in [-0.39, 0.29) is 17.9 Å². The first-order valence-corrected chi connectivity index (χ1v) is 8.48. The Bertz CT molecular complexity index is 974. The Balaban J connectivity index is 1.71. The van der Waals surface area contributed by atoms with Crippen LogP contribution in [0.2, 0.25) is 0 Å². The molecular formula is C17H18N4O2S. The van der Waals surface area contributed by atoms with Crippen LogP contribution in [0, 0.1) is 20.8 Å². The van der Waals surface area contributed by atoms with Gasteiger partial charge in [0.05, 0.1) is 5.39 Å². The lowest BCUT2D eigenvalue weighted by Gasteiger charge is -2.05. The van der Waals surface area contributed by atoms with E-state index < -0.39 is 0 Å². The molecule has 0 aromatic carbocycles. The fourth-order valence-electron chi connectivity index (χ4n) is 2.47. The number of aromatic nitrogens is 3. The number of carbonyl (C=O) groups is 1. The minimum absolute atomic E-state index is 0.141. The lowest BCUT2D eigenvalue weighted by atomic mass is 10.2. The van der Waals surface area contributed by atoms with E-state index in [0.29, 0.717) is 23.4 Å². The summed E-state index contributed by atoms with van der Waals surface area (Å²) in [6.07, 6.45) is 0.603. The van der Waals surface area contributed by atoms with Gasteiger partial charge in [-0.15, -0.1) is 11.3 Å². The molecule has 0 spiro atoms. The van der Waals surface area contributed by atoms with Crippen LogP contribution in [0.4, 0.5) is 5.82 Å². The van der Waals surface area contributed by atoms with Crippen molar-refractivity contribution < 1.29 is 4.79 Å². The zero-order valence-electron chi connectivity index (χ0n) is 13.8. The maximum absolute atomic E-state index is 12.2. The molecule has 0 aliphatic carbocycles. The molecule has 6 nitrogen and oxygen atoms in total. The zero-order chi connectivity index (χ0) is 17.3. The standard InChI is InChI=1S/C17H18N4O2S/c1-9-5-4-6-12(18-9)19-14(22)8-7-13-20-16(23)15-10(2)11(3)24-17(15)21-13/h4-6H,7-8H2,1-3H3,(H,18,19,22)(H,20,21,23). The molecule has 3 aromatic rings. The summed E-state index contributed by atoms with van der Waals surface area (Å²) in [4.78, 5) is 37.5. The Hall–Kier alpha value is -2.54. The highest BCUT2D eigenvalue weighted by Crippen LogP contribution is 2.25. The molecule has 1 amide bonds. The molecule has 0 aliphatic rings. The van der Waals surface area contributed by atoms with Gasteiger partial charge in [0.25, 0.3) is 5.56 Å². The summed E-state index contributed by atoms with van der Waals surface area (Å²) < 4.78 is 0. The van der Waals surface area contributed by atoms with E-state index in [4.69, 9.17) is 0 Å². The summed E-state index contributed by atoms with van der Waals surface area (Å²) in [6.45, 7) is 5.76. The van der Waals surface area contributed by atoms with Crippen molar-refractivity contribution >= 4 is 33.3 Å². The molecule has 0 unspecified atom stereocenters. The second kappa shape index (κ2) is 6.52. The van der Waals surface area contributed by atoms with Crippen molar-refractivity contribution in [3.63, 3.8) is 0 Å². The van der Waals surface area contributed by atoms with Gasteiger partial charge >= 0.3 is 0 Å². The van der Waals surface area contributed by atoms with E-state index >= 15 is 0 Å². The number of thiophene rings is 1. The van der Waals surface area contributed by atoms with Crippen molar-refractivity contribution in [3.05, 3.63) is 50.5 Å². The molecule has 0 aliphatic heterocycles. The highest BCUT2D eigenvalue weighted by Gasteiger charge is 2.12. The Morgan fingerprint density at radius 3 is 2.79 bits per heavy atom. The zero-order valence-corrected chi connectivity index (χ0v) is 14.6. The van der Waals surface area contributed by atoms with E-state index in [0.717, 1.165) is 21.0 Å². The summed E-state index contributed by atoms with van der Waals surface area (Å²) >= 11 is 1.50. The summed E-state index contributed by atoms with van der Waals surface area (Å²) in [7, 11) is 0. The molecule has 0 fully saturated rings. The van der Waals surface area contributed by atoms with Crippen molar-refractivity contribution in [1.29, 1.82) is 0 Å². The van der Waals surface area contributed by atoms with Gasteiger partial charge in [-0.3, -0.25) is 9.59 Å². The van der Waals surface area contributed by atoms with Crippen LogP contribution in [-0.4, -0.2) is 20.9 Å². The first kappa shape index (κ1) is 16.3. The number of aryl methyl sites for hydroxylation is 4. The van der Waals surface area contributed by atoms with Crippen LogP contribution in [-0.2, 0) is 11.2 Å². The fraction of sp³-hybridized carbons (Fsp3) is 0.294. The van der Waals surface area contributed by atoms with Crippen LogP contribution in [0.3, 0.4) is 0 Å². The molecule has 0 radical (unpaired) electrons. The number of nitrogens with one attached hydrogen (secondary N) is 2. The summed E-state index contributed by atoms with van der Waals surface area (Å²) in [5, 5.41) is 3.40. The number of fused-ring (bicyclic) bond motifs is 1. The molecule has 3 heterocycles. The van der Waals surface area contributed by atoms with E-state index in [9.17, 15) is 9.59 Å². The SMILES string of the molecule is Cc1cccc(NC(=O)CCc2nc3sc(C)c(C)c3c(=O)[nH]2)n1. The number of nitrogens with zero attached hydrogens (tertiary/aromatic N) is 2. The highest BCUT2D eigenvalue weighted by atomic mass is 32.1. The van der Waals surface area contributed by atoms with Gasteiger partial charge in [0.2, 0.25) is 5.91 Å². The maximum Gasteiger partial charge on any atom is 0.259 e. The summed E-state index contributed by atoms with van der Waals surface area (Å²) in [6, 6.07) is 5.45. The molecule has 0 saturated carbocycles. The van der Waals surface area contributed by atoms with Crippen molar-refractivity contribution in [2.75, 3.05) is 5.32 Å². The summed E-state index contributed by atoms with van der Waals surface area (Å²) in [5.41, 5.74) is 1.67. The number of aromatic amines is 1. The molecular weight excluding hydrogens is 324 g/mol. The third-order valence-corrected chi connectivity index (χ3v) is 4.93. The molecule has 24 heavy (non-hydrogen) atoms. The number of carbonyl (C=O) groups excluding carboxylic acids is 1. The van der Waals surface area contributed by atoms with Gasteiger partial charge in [-0.05, 0) is 38.5 Å². The molecule has 0 saturated heterocycles. The minimum atomic E-state index is -0.158. The smallest absolute Gasteiger partial charge is 0.259 e. The average molecular weight is 342 g/mol. The maximum atomic E-state index is 12.2. The molecule has 3 aromatic heterocycles. The van der Waals surface area contributed by atoms with E-state index in [1.165, 1.54) is 11.3 Å². The van der Waals surface area contributed by atoms with Crippen LogP contribution in [0.5, 0.6) is 0 Å². The predicted octanol–water partition coefficient (Wildman–Crippen LogP) is 2.88. The van der Waals surface area contributed by atoms with Gasteiger partial charge in [-0.2, -0.15) is 0 Å². The molecule has 2 N–H and O–H groups in total. The highest BCUT2D eigenvalue weighted by molar-refractivity contribution is 7.18. The number of anilines is 1. The van der Waals surface area contributed by atoms with Crippen LogP contribution < -0.4 is 10.9 Å². The van der Waals surface area contributed by atoms with E-state index in [1.807, 2.05) is 32.9 Å². The molecule has 124 valence electrons. The molecule has 0 bridgehead atoms. The van der Waals surface area contributed by atoms with Gasteiger partial charge in [0, 0.05) is 23.4 Å². The number of hydrogen-bond donors (Lipinski definition) is 2. The first-order chi connectivity index (χ1) is 11.4. The van der Waals surface area contributed by atoms with Gasteiger partial charge in [-0.1, -0.05) is 6.07 Å². The number of pyridine rings is 1. The van der Waals surface area contributed by atoms with Crippen molar-refractivity contribution in [3.8, 4) is 0 Å². The normalized spacial score (nSPS) is 11.0. The second-order valence-electron chi connectivity index (χ2n) is 5.69. The summed E-state index contributed by atoms with van der Waals surface area (Å²) in [5.74, 6) is 0.900. The third-order valence-electron chi connectivity index (χ3n) is 3.83. The predicted molar refractivity (Wildman–Crippen MR) is 95.6 cm³/mol. The van der Waals surface area contributed by atoms with Gasteiger partial charge in [0.15, 0.2) is 0 Å². The molecule has 7 heteroatoms. The van der Waals surface area contributed by atoms with Crippen LogP contribution in [0.25, 0.3) is 10.2 Å². The quantitative estimate of drug-likeness (QED) is 0.763. The largest absolute Gasteiger partial charge is 0.311 e. The number of amides is 1. The minimum Gasteiger partial charge on any atom is -0.311 e. The van der Waals surface area contributed by atoms with E-state index in [2.05, 4.69) is 20.3 Å². The van der Waals surface area contributed by atoms with Crippen molar-refractivity contribution in [1.82, 2.24) is 15.0 Å². The number of hydrogen-bond acceptors (Lipinski definition) is 5. The van der Waals surface area contributed by atoms with E-state index in [1.54, 1.807) is 6.07 Å².